The molecular weight excluding hydrogens is 300 g/mol. The molecule has 5 heteroatoms. The SMILES string of the molecule is CP(C)(=O)c1cccc(C=C2C(=O)Nc3ccc(F)cc32)c1. The van der Waals surface area contributed by atoms with Crippen molar-refractivity contribution in [3.63, 3.8) is 0 Å². The molecule has 3 rings (SSSR count). The monoisotopic (exact) mass is 315 g/mol. The molecule has 22 heavy (non-hydrogen) atoms. The first kappa shape index (κ1) is 14.7. The highest BCUT2D eigenvalue weighted by atomic mass is 31.2. The van der Waals surface area contributed by atoms with E-state index in [0.717, 1.165) is 10.9 Å². The van der Waals surface area contributed by atoms with Crippen molar-refractivity contribution in [2.75, 3.05) is 18.6 Å². The van der Waals surface area contributed by atoms with Crippen molar-refractivity contribution in [3.8, 4) is 0 Å². The van der Waals surface area contributed by atoms with Crippen molar-refractivity contribution in [3.05, 3.63) is 59.4 Å². The number of halogens is 1. The maximum Gasteiger partial charge on any atom is 0.256 e. The summed E-state index contributed by atoms with van der Waals surface area (Å²) >= 11 is 0. The predicted molar refractivity (Wildman–Crippen MR) is 88.4 cm³/mol. The molecule has 0 atom stereocenters. The highest BCUT2D eigenvalue weighted by Gasteiger charge is 2.24. The molecule has 0 unspecified atom stereocenters. The molecule has 2 aromatic rings. The summed E-state index contributed by atoms with van der Waals surface area (Å²) in [6, 6.07) is 11.5. The van der Waals surface area contributed by atoms with Crippen LogP contribution in [0.25, 0.3) is 11.6 Å². The molecule has 1 amide bonds. The van der Waals surface area contributed by atoms with Crippen LogP contribution in [0, 0.1) is 5.82 Å². The van der Waals surface area contributed by atoms with E-state index in [1.54, 1.807) is 37.6 Å². The van der Waals surface area contributed by atoms with E-state index >= 15 is 0 Å². The third kappa shape index (κ3) is 2.75. The summed E-state index contributed by atoms with van der Waals surface area (Å²) in [4.78, 5) is 12.1. The van der Waals surface area contributed by atoms with E-state index in [1.165, 1.54) is 12.1 Å². The number of carbonyl (C=O) groups excluding carboxylic acids is 1. The highest BCUT2D eigenvalue weighted by Crippen LogP contribution is 2.36. The first-order valence-electron chi connectivity index (χ1n) is 6.83. The summed E-state index contributed by atoms with van der Waals surface area (Å²) in [5.41, 5.74) is 2.33. The number of carbonyl (C=O) groups is 1. The van der Waals surface area contributed by atoms with Gasteiger partial charge in [-0.15, -0.1) is 0 Å². The van der Waals surface area contributed by atoms with E-state index in [1.807, 2.05) is 12.1 Å². The fourth-order valence-corrected chi connectivity index (χ4v) is 3.32. The molecule has 0 radical (unpaired) electrons. The van der Waals surface area contributed by atoms with Crippen LogP contribution in [-0.2, 0) is 9.36 Å². The Labute approximate surface area is 128 Å². The topological polar surface area (TPSA) is 46.2 Å². The number of fused-ring (bicyclic) bond motifs is 1. The molecule has 0 aliphatic carbocycles. The molecule has 0 saturated heterocycles. The van der Waals surface area contributed by atoms with E-state index in [9.17, 15) is 13.8 Å². The van der Waals surface area contributed by atoms with Gasteiger partial charge in [0, 0.05) is 22.1 Å². The zero-order valence-electron chi connectivity index (χ0n) is 12.3. The smallest absolute Gasteiger partial charge is 0.256 e. The van der Waals surface area contributed by atoms with Gasteiger partial charge in [0.2, 0.25) is 0 Å². The number of hydrogen-bond acceptors (Lipinski definition) is 2. The van der Waals surface area contributed by atoms with Gasteiger partial charge in [-0.1, -0.05) is 18.2 Å². The number of amides is 1. The van der Waals surface area contributed by atoms with Crippen LogP contribution in [-0.4, -0.2) is 19.2 Å². The van der Waals surface area contributed by atoms with Crippen LogP contribution < -0.4 is 10.6 Å². The van der Waals surface area contributed by atoms with Crippen LogP contribution >= 0.6 is 7.14 Å². The van der Waals surface area contributed by atoms with Crippen molar-refractivity contribution in [2.45, 2.75) is 0 Å². The average Bonchev–Trinajstić information content (AvgIpc) is 2.75. The lowest BCUT2D eigenvalue weighted by molar-refractivity contribution is -0.110. The van der Waals surface area contributed by atoms with Gasteiger partial charge in [0.15, 0.2) is 0 Å². The van der Waals surface area contributed by atoms with Crippen LogP contribution in [0.15, 0.2) is 42.5 Å². The van der Waals surface area contributed by atoms with Crippen LogP contribution in [0.2, 0.25) is 0 Å². The molecule has 0 bridgehead atoms. The molecule has 1 N–H and O–H groups in total. The fraction of sp³-hybridized carbons (Fsp3) is 0.118. The number of anilines is 1. The first-order chi connectivity index (χ1) is 10.3. The molecule has 112 valence electrons. The summed E-state index contributed by atoms with van der Waals surface area (Å²) in [6.45, 7) is 3.40. The van der Waals surface area contributed by atoms with E-state index in [2.05, 4.69) is 5.32 Å². The van der Waals surface area contributed by atoms with Crippen molar-refractivity contribution in [1.82, 2.24) is 0 Å². The largest absolute Gasteiger partial charge is 0.321 e. The first-order valence-corrected chi connectivity index (χ1v) is 9.43. The van der Waals surface area contributed by atoms with Crippen LogP contribution in [0.3, 0.4) is 0 Å². The number of nitrogens with one attached hydrogen (secondary N) is 1. The minimum absolute atomic E-state index is 0.262. The molecule has 3 nitrogen and oxygen atoms in total. The van der Waals surface area contributed by atoms with Crippen LogP contribution in [0.4, 0.5) is 10.1 Å². The second kappa shape index (κ2) is 5.22. The Bertz CT molecular complexity index is 851. The molecule has 0 saturated carbocycles. The Kier molecular flexibility index (Phi) is 3.50. The Balaban J connectivity index is 2.09. The minimum Gasteiger partial charge on any atom is -0.321 e. The maximum atomic E-state index is 13.4. The molecule has 2 aromatic carbocycles. The normalized spacial score (nSPS) is 15.8. The number of benzene rings is 2. The number of hydrogen-bond donors (Lipinski definition) is 1. The number of rotatable bonds is 2. The van der Waals surface area contributed by atoms with Gasteiger partial charge < -0.3 is 9.88 Å². The highest BCUT2D eigenvalue weighted by molar-refractivity contribution is 7.70. The van der Waals surface area contributed by atoms with Gasteiger partial charge in [-0.2, -0.15) is 0 Å². The zero-order valence-corrected chi connectivity index (χ0v) is 13.2. The van der Waals surface area contributed by atoms with Gasteiger partial charge in [0.1, 0.15) is 13.0 Å². The van der Waals surface area contributed by atoms with Crippen molar-refractivity contribution in [1.29, 1.82) is 0 Å². The summed E-state index contributed by atoms with van der Waals surface area (Å²) < 4.78 is 25.6. The second-order valence-corrected chi connectivity index (χ2v) is 8.87. The van der Waals surface area contributed by atoms with Gasteiger partial charge in [-0.3, -0.25) is 4.79 Å². The van der Waals surface area contributed by atoms with Gasteiger partial charge in [0.25, 0.3) is 5.91 Å². The third-order valence-corrected chi connectivity index (χ3v) is 5.09. The molecular formula is C17H15FNO2P. The lowest BCUT2D eigenvalue weighted by Gasteiger charge is -2.07. The van der Waals surface area contributed by atoms with E-state index in [0.29, 0.717) is 16.8 Å². The summed E-state index contributed by atoms with van der Waals surface area (Å²) in [6.07, 6.45) is 1.69. The standard InChI is InChI=1S/C17H15FNO2P/c1-22(2,21)13-5-3-4-11(8-13)9-15-14-10-12(18)6-7-16(14)19-17(15)20/h3-10H,1-2H3,(H,19,20). The maximum absolute atomic E-state index is 13.4. The Hall–Kier alpha value is -2.19. The molecule has 1 aliphatic heterocycles. The third-order valence-electron chi connectivity index (χ3n) is 3.57. The molecule has 0 fully saturated rings. The van der Waals surface area contributed by atoms with Crippen molar-refractivity contribution < 1.29 is 13.8 Å². The summed E-state index contributed by atoms with van der Waals surface area (Å²) in [7, 11) is -2.37. The summed E-state index contributed by atoms with van der Waals surface area (Å²) in [5, 5.41) is 3.46. The van der Waals surface area contributed by atoms with Crippen LogP contribution in [0.1, 0.15) is 11.1 Å². The van der Waals surface area contributed by atoms with Gasteiger partial charge in [-0.25, -0.2) is 4.39 Å². The Morgan fingerprint density at radius 1 is 1.14 bits per heavy atom. The van der Waals surface area contributed by atoms with Crippen molar-refractivity contribution in [2.24, 2.45) is 0 Å². The molecule has 1 aliphatic rings. The van der Waals surface area contributed by atoms with Crippen LogP contribution in [0.5, 0.6) is 0 Å². The average molecular weight is 315 g/mol. The summed E-state index contributed by atoms with van der Waals surface area (Å²) in [5.74, 6) is -0.649. The lowest BCUT2D eigenvalue weighted by Crippen LogP contribution is -2.05. The zero-order chi connectivity index (χ0) is 15.9. The Morgan fingerprint density at radius 2 is 1.91 bits per heavy atom. The van der Waals surface area contributed by atoms with E-state index < -0.39 is 7.14 Å². The molecule has 0 spiro atoms. The Morgan fingerprint density at radius 3 is 2.64 bits per heavy atom. The molecule has 1 heterocycles. The fourth-order valence-electron chi connectivity index (χ4n) is 2.42. The van der Waals surface area contributed by atoms with Gasteiger partial charge in [-0.05, 0) is 49.2 Å². The van der Waals surface area contributed by atoms with Crippen molar-refractivity contribution >= 4 is 35.7 Å². The van der Waals surface area contributed by atoms with Gasteiger partial charge >= 0.3 is 0 Å². The second-order valence-electron chi connectivity index (χ2n) is 5.65. The lowest BCUT2D eigenvalue weighted by atomic mass is 10.0. The minimum atomic E-state index is -2.37. The van der Waals surface area contributed by atoms with E-state index in [4.69, 9.17) is 0 Å². The predicted octanol–water partition coefficient (Wildman–Crippen LogP) is 3.57. The molecule has 0 aromatic heterocycles. The quantitative estimate of drug-likeness (QED) is 0.680. The van der Waals surface area contributed by atoms with E-state index in [-0.39, 0.29) is 11.7 Å². The van der Waals surface area contributed by atoms with Gasteiger partial charge in [0.05, 0.1) is 0 Å².